The standard InChI is InChI=1S/C11H19ClN4/c1-4-8(5-2)7(3)16-11-9(13)10(12)14-6-15-11/h6-8H,4-5,13H2,1-3H3,(H,14,15,16). The van der Waals surface area contributed by atoms with E-state index in [9.17, 15) is 0 Å². The van der Waals surface area contributed by atoms with Crippen molar-refractivity contribution in [1.29, 1.82) is 0 Å². The van der Waals surface area contributed by atoms with E-state index in [4.69, 9.17) is 17.3 Å². The lowest BCUT2D eigenvalue weighted by atomic mass is 9.95. The monoisotopic (exact) mass is 242 g/mol. The summed E-state index contributed by atoms with van der Waals surface area (Å²) in [4.78, 5) is 7.92. The van der Waals surface area contributed by atoms with Gasteiger partial charge in [0, 0.05) is 6.04 Å². The topological polar surface area (TPSA) is 63.8 Å². The van der Waals surface area contributed by atoms with Gasteiger partial charge < -0.3 is 11.1 Å². The summed E-state index contributed by atoms with van der Waals surface area (Å²) < 4.78 is 0. The van der Waals surface area contributed by atoms with Gasteiger partial charge in [-0.2, -0.15) is 0 Å². The zero-order valence-corrected chi connectivity index (χ0v) is 10.8. The molecule has 0 aliphatic rings. The summed E-state index contributed by atoms with van der Waals surface area (Å²) >= 11 is 5.83. The molecule has 0 bridgehead atoms. The van der Waals surface area contributed by atoms with Crippen molar-refractivity contribution in [1.82, 2.24) is 9.97 Å². The third-order valence-electron chi connectivity index (χ3n) is 2.96. The average molecular weight is 243 g/mol. The van der Waals surface area contributed by atoms with E-state index in [-0.39, 0.29) is 0 Å². The number of anilines is 2. The Kier molecular flexibility index (Phi) is 4.80. The van der Waals surface area contributed by atoms with Crippen LogP contribution in [-0.2, 0) is 0 Å². The maximum atomic E-state index is 5.83. The van der Waals surface area contributed by atoms with Crippen molar-refractivity contribution in [2.75, 3.05) is 11.1 Å². The Bertz CT molecular complexity index is 339. The van der Waals surface area contributed by atoms with Gasteiger partial charge in [0.05, 0.1) is 0 Å². The van der Waals surface area contributed by atoms with Gasteiger partial charge in [-0.15, -0.1) is 0 Å². The van der Waals surface area contributed by atoms with Gasteiger partial charge in [0.15, 0.2) is 11.0 Å². The van der Waals surface area contributed by atoms with Gasteiger partial charge in [0.2, 0.25) is 0 Å². The number of halogens is 1. The van der Waals surface area contributed by atoms with Crippen LogP contribution >= 0.6 is 11.6 Å². The van der Waals surface area contributed by atoms with E-state index in [1.54, 1.807) is 0 Å². The van der Waals surface area contributed by atoms with Gasteiger partial charge in [-0.25, -0.2) is 9.97 Å². The highest BCUT2D eigenvalue weighted by atomic mass is 35.5. The van der Waals surface area contributed by atoms with Crippen LogP contribution in [0.25, 0.3) is 0 Å². The maximum Gasteiger partial charge on any atom is 0.157 e. The first-order valence-electron chi connectivity index (χ1n) is 5.62. The largest absolute Gasteiger partial charge is 0.393 e. The molecule has 0 spiro atoms. The molecule has 1 aromatic heterocycles. The maximum absolute atomic E-state index is 5.83. The van der Waals surface area contributed by atoms with E-state index in [0.717, 1.165) is 12.8 Å². The zero-order valence-electron chi connectivity index (χ0n) is 10.00. The second-order valence-electron chi connectivity index (χ2n) is 3.94. The van der Waals surface area contributed by atoms with E-state index in [0.29, 0.717) is 28.6 Å². The minimum atomic E-state index is 0.300. The molecular formula is C11H19ClN4. The highest BCUT2D eigenvalue weighted by molar-refractivity contribution is 6.32. The van der Waals surface area contributed by atoms with Crippen LogP contribution in [0.5, 0.6) is 0 Å². The number of nitrogens with one attached hydrogen (secondary N) is 1. The van der Waals surface area contributed by atoms with E-state index in [1.165, 1.54) is 6.33 Å². The quantitative estimate of drug-likeness (QED) is 0.780. The molecule has 0 radical (unpaired) electrons. The molecule has 1 aromatic rings. The van der Waals surface area contributed by atoms with E-state index < -0.39 is 0 Å². The van der Waals surface area contributed by atoms with Crippen LogP contribution in [0.2, 0.25) is 5.15 Å². The summed E-state index contributed by atoms with van der Waals surface area (Å²) in [5, 5.41) is 3.59. The van der Waals surface area contributed by atoms with Gasteiger partial charge in [-0.1, -0.05) is 38.3 Å². The summed E-state index contributed by atoms with van der Waals surface area (Å²) in [5.41, 5.74) is 6.21. The van der Waals surface area contributed by atoms with Crippen LogP contribution in [0.4, 0.5) is 11.5 Å². The number of nitrogens with zero attached hydrogens (tertiary/aromatic N) is 2. The highest BCUT2D eigenvalue weighted by Crippen LogP contribution is 2.24. The van der Waals surface area contributed by atoms with E-state index >= 15 is 0 Å². The fourth-order valence-corrected chi connectivity index (χ4v) is 1.95. The van der Waals surface area contributed by atoms with Gasteiger partial charge in [-0.05, 0) is 12.8 Å². The molecule has 0 fully saturated rings. The van der Waals surface area contributed by atoms with Crippen LogP contribution in [0.3, 0.4) is 0 Å². The first kappa shape index (κ1) is 13.0. The van der Waals surface area contributed by atoms with Crippen LogP contribution in [0, 0.1) is 5.92 Å². The first-order chi connectivity index (χ1) is 7.60. The molecular weight excluding hydrogens is 224 g/mol. The molecule has 1 rings (SSSR count). The van der Waals surface area contributed by atoms with Crippen molar-refractivity contribution < 1.29 is 0 Å². The lowest BCUT2D eigenvalue weighted by Crippen LogP contribution is -2.26. The fraction of sp³-hybridized carbons (Fsp3) is 0.636. The summed E-state index contributed by atoms with van der Waals surface area (Å²) in [6.07, 6.45) is 3.67. The molecule has 1 heterocycles. The highest BCUT2D eigenvalue weighted by Gasteiger charge is 2.15. The molecule has 1 unspecified atom stereocenters. The summed E-state index contributed by atoms with van der Waals surface area (Å²) in [6, 6.07) is 0.322. The lowest BCUT2D eigenvalue weighted by Gasteiger charge is -2.23. The number of aromatic nitrogens is 2. The summed E-state index contributed by atoms with van der Waals surface area (Å²) in [7, 11) is 0. The third kappa shape index (κ3) is 2.98. The van der Waals surface area contributed by atoms with Crippen LogP contribution in [0.15, 0.2) is 6.33 Å². The Balaban J connectivity index is 2.76. The molecule has 0 aliphatic heterocycles. The Morgan fingerprint density at radius 1 is 1.38 bits per heavy atom. The van der Waals surface area contributed by atoms with Gasteiger partial charge in [-0.3, -0.25) is 0 Å². The summed E-state index contributed by atoms with van der Waals surface area (Å²) in [5.74, 6) is 1.23. The second kappa shape index (κ2) is 5.89. The van der Waals surface area contributed by atoms with Crippen LogP contribution in [0.1, 0.15) is 33.6 Å². The second-order valence-corrected chi connectivity index (χ2v) is 4.29. The predicted molar refractivity (Wildman–Crippen MR) is 68.6 cm³/mol. The molecule has 3 N–H and O–H groups in total. The molecule has 4 nitrogen and oxygen atoms in total. The van der Waals surface area contributed by atoms with Crippen molar-refractivity contribution in [2.45, 2.75) is 39.7 Å². The molecule has 0 aromatic carbocycles. The number of hydrogen-bond donors (Lipinski definition) is 2. The minimum absolute atomic E-state index is 0.300. The number of nitrogens with two attached hydrogens (primary N) is 1. The number of nitrogen functional groups attached to an aromatic ring is 1. The van der Waals surface area contributed by atoms with Crippen molar-refractivity contribution in [3.8, 4) is 0 Å². The summed E-state index contributed by atoms with van der Waals surface area (Å²) in [6.45, 7) is 6.50. The SMILES string of the molecule is CCC(CC)C(C)Nc1ncnc(Cl)c1N. The van der Waals surface area contributed by atoms with Crippen molar-refractivity contribution in [2.24, 2.45) is 5.92 Å². The third-order valence-corrected chi connectivity index (χ3v) is 3.26. The Hall–Kier alpha value is -1.03. The Labute approximate surface area is 102 Å². The molecule has 16 heavy (non-hydrogen) atoms. The van der Waals surface area contributed by atoms with E-state index in [1.807, 2.05) is 0 Å². The molecule has 0 saturated carbocycles. The van der Waals surface area contributed by atoms with Gasteiger partial charge >= 0.3 is 0 Å². The molecule has 5 heteroatoms. The Morgan fingerprint density at radius 3 is 2.56 bits per heavy atom. The molecule has 1 atom stereocenters. The van der Waals surface area contributed by atoms with Crippen molar-refractivity contribution in [3.63, 3.8) is 0 Å². The normalized spacial score (nSPS) is 12.8. The first-order valence-corrected chi connectivity index (χ1v) is 6.00. The zero-order chi connectivity index (χ0) is 12.1. The molecule has 90 valence electrons. The van der Waals surface area contributed by atoms with Crippen molar-refractivity contribution >= 4 is 23.1 Å². The van der Waals surface area contributed by atoms with Gasteiger partial charge in [0.25, 0.3) is 0 Å². The molecule has 0 amide bonds. The predicted octanol–water partition coefficient (Wildman–Crippen LogP) is 2.95. The fourth-order valence-electron chi connectivity index (χ4n) is 1.82. The number of rotatable bonds is 5. The molecule has 0 saturated heterocycles. The average Bonchev–Trinajstić information content (AvgIpc) is 2.26. The number of hydrogen-bond acceptors (Lipinski definition) is 4. The minimum Gasteiger partial charge on any atom is -0.393 e. The van der Waals surface area contributed by atoms with Gasteiger partial charge in [0.1, 0.15) is 12.0 Å². The van der Waals surface area contributed by atoms with E-state index in [2.05, 4.69) is 36.1 Å². The van der Waals surface area contributed by atoms with Crippen molar-refractivity contribution in [3.05, 3.63) is 11.5 Å². The molecule has 0 aliphatic carbocycles. The smallest absolute Gasteiger partial charge is 0.157 e. The van der Waals surface area contributed by atoms with Crippen LogP contribution < -0.4 is 11.1 Å². The Morgan fingerprint density at radius 2 is 2.00 bits per heavy atom. The van der Waals surface area contributed by atoms with Crippen LogP contribution in [-0.4, -0.2) is 16.0 Å². The lowest BCUT2D eigenvalue weighted by molar-refractivity contribution is 0.437.